The molecule has 0 N–H and O–H groups in total. The number of hydrogen-bond donors (Lipinski definition) is 0. The smallest absolute Gasteiger partial charge is 0.260 e. The molecule has 0 saturated carbocycles. The molecule has 0 aromatic carbocycles. The molecule has 0 atom stereocenters. The molecule has 4 rings (SSSR count). The van der Waals surface area contributed by atoms with Gasteiger partial charge in [0.25, 0.3) is 5.69 Å². The zero-order valence-corrected chi connectivity index (χ0v) is 13.7. The molecular formula is C18H21N2O2+. The summed E-state index contributed by atoms with van der Waals surface area (Å²) in [6, 6.07) is 2.17. The molecule has 1 aliphatic heterocycles. The number of aromatic nitrogens is 2. The van der Waals surface area contributed by atoms with Gasteiger partial charge in [-0.15, -0.1) is 0 Å². The van der Waals surface area contributed by atoms with E-state index in [1.54, 1.807) is 0 Å². The molecule has 0 fully saturated rings. The van der Waals surface area contributed by atoms with Crippen LogP contribution in [0.25, 0.3) is 22.4 Å². The first kappa shape index (κ1) is 13.4. The quantitative estimate of drug-likeness (QED) is 0.526. The Balaban J connectivity index is 2.07. The minimum atomic E-state index is 0.586. The highest BCUT2D eigenvalue weighted by Gasteiger charge is 2.35. The van der Waals surface area contributed by atoms with Crippen LogP contribution in [-0.4, -0.2) is 4.57 Å². The van der Waals surface area contributed by atoms with Crippen molar-refractivity contribution in [1.82, 2.24) is 4.57 Å². The van der Waals surface area contributed by atoms with E-state index >= 15 is 0 Å². The van der Waals surface area contributed by atoms with E-state index in [9.17, 15) is 0 Å². The average molecular weight is 297 g/mol. The number of fused-ring (bicyclic) bond motifs is 2. The van der Waals surface area contributed by atoms with E-state index in [0.29, 0.717) is 5.92 Å². The molecule has 1 aliphatic rings. The molecule has 0 unspecified atom stereocenters. The molecule has 4 nitrogen and oxygen atoms in total. The van der Waals surface area contributed by atoms with Crippen molar-refractivity contribution in [3.63, 3.8) is 0 Å². The lowest BCUT2D eigenvalue weighted by molar-refractivity contribution is -0.660. The van der Waals surface area contributed by atoms with Gasteiger partial charge >= 0.3 is 0 Å². The summed E-state index contributed by atoms with van der Waals surface area (Å²) in [6.07, 6.45) is 5.13. The largest absolute Gasteiger partial charge is 0.448 e. The lowest BCUT2D eigenvalue weighted by Gasteiger charge is -2.17. The van der Waals surface area contributed by atoms with Crippen LogP contribution in [0, 0.1) is 12.8 Å². The van der Waals surface area contributed by atoms with Crippen LogP contribution in [0.2, 0.25) is 0 Å². The molecular weight excluding hydrogens is 276 g/mol. The zero-order chi connectivity index (χ0) is 15.6. The molecule has 3 aromatic heterocycles. The number of ether oxygens (including phenoxy) is 1. The third kappa shape index (κ3) is 1.67. The predicted molar refractivity (Wildman–Crippen MR) is 85.2 cm³/mol. The standard InChI is InChI=1S/C18H21N2O2/c1-10(2)8-12-6-7-19(4)16-14-11(3)21-18-15(14)13(9-20(18)5)22-17(12)16/h6-7,9-10H,8H2,1-5H3/q+1. The van der Waals surface area contributed by atoms with Gasteiger partial charge in [-0.3, -0.25) is 0 Å². The van der Waals surface area contributed by atoms with Crippen molar-refractivity contribution < 1.29 is 13.7 Å². The van der Waals surface area contributed by atoms with Crippen molar-refractivity contribution in [2.45, 2.75) is 27.2 Å². The van der Waals surface area contributed by atoms with E-state index in [1.807, 2.05) is 24.7 Å². The second-order valence-corrected chi connectivity index (χ2v) is 6.65. The summed E-state index contributed by atoms with van der Waals surface area (Å²) in [4.78, 5) is 0. The predicted octanol–water partition coefficient (Wildman–Crippen LogP) is 3.88. The van der Waals surface area contributed by atoms with Crippen LogP contribution in [0.15, 0.2) is 22.9 Å². The van der Waals surface area contributed by atoms with Gasteiger partial charge in [0, 0.05) is 18.7 Å². The van der Waals surface area contributed by atoms with Gasteiger partial charge in [0.15, 0.2) is 11.9 Å². The molecule has 22 heavy (non-hydrogen) atoms. The third-order valence-corrected chi connectivity index (χ3v) is 4.38. The Morgan fingerprint density at radius 1 is 1.32 bits per heavy atom. The fourth-order valence-corrected chi connectivity index (χ4v) is 3.45. The van der Waals surface area contributed by atoms with Crippen LogP contribution in [0.3, 0.4) is 0 Å². The first-order chi connectivity index (χ1) is 10.5. The van der Waals surface area contributed by atoms with E-state index in [-0.39, 0.29) is 0 Å². The molecule has 0 saturated heterocycles. The first-order valence-electron chi connectivity index (χ1n) is 7.75. The topological polar surface area (TPSA) is 31.2 Å². The molecule has 114 valence electrons. The van der Waals surface area contributed by atoms with E-state index in [1.165, 1.54) is 11.1 Å². The molecule has 4 heteroatoms. The summed E-state index contributed by atoms with van der Waals surface area (Å²) in [5.41, 5.74) is 4.42. The highest BCUT2D eigenvalue weighted by molar-refractivity contribution is 6.01. The van der Waals surface area contributed by atoms with Gasteiger partial charge in [0.2, 0.25) is 11.5 Å². The number of rotatable bonds is 2. The second-order valence-electron chi connectivity index (χ2n) is 6.65. The maximum absolute atomic E-state index is 6.29. The maximum atomic E-state index is 6.29. The summed E-state index contributed by atoms with van der Waals surface area (Å²) in [5.74, 6) is 3.41. The fraction of sp³-hybridized carbons (Fsp3) is 0.389. The van der Waals surface area contributed by atoms with Crippen LogP contribution in [0.1, 0.15) is 25.2 Å². The van der Waals surface area contributed by atoms with E-state index < -0.39 is 0 Å². The fourth-order valence-electron chi connectivity index (χ4n) is 3.45. The minimum absolute atomic E-state index is 0.586. The van der Waals surface area contributed by atoms with Gasteiger partial charge in [0.05, 0.1) is 11.6 Å². The Hall–Kier alpha value is -2.23. The lowest BCUT2D eigenvalue weighted by atomic mass is 9.97. The second kappa shape index (κ2) is 4.38. The molecule has 0 aliphatic carbocycles. The number of nitrogens with zero attached hydrogens (tertiary/aromatic N) is 2. The molecule has 0 amide bonds. The molecule has 0 bridgehead atoms. The summed E-state index contributed by atoms with van der Waals surface area (Å²) in [7, 11) is 4.06. The Morgan fingerprint density at radius 3 is 2.82 bits per heavy atom. The normalized spacial score (nSPS) is 12.8. The van der Waals surface area contributed by atoms with Crippen LogP contribution < -0.4 is 9.30 Å². The molecule has 0 radical (unpaired) electrons. The van der Waals surface area contributed by atoms with Crippen molar-refractivity contribution in [2.24, 2.45) is 20.0 Å². The number of furan rings is 1. The lowest BCUT2D eigenvalue weighted by Crippen LogP contribution is -2.32. The Labute approximate surface area is 129 Å². The zero-order valence-electron chi connectivity index (χ0n) is 13.7. The summed E-state index contributed by atoms with van der Waals surface area (Å²) in [5, 5.41) is 1.09. The monoisotopic (exact) mass is 297 g/mol. The van der Waals surface area contributed by atoms with E-state index in [2.05, 4.69) is 37.7 Å². The number of hydrogen-bond acceptors (Lipinski definition) is 2. The maximum Gasteiger partial charge on any atom is 0.260 e. The SMILES string of the molecule is Cc1oc2c3c(cn2C)Oc2c(CC(C)C)cc[n+](C)c2-c13. The number of pyridine rings is 1. The van der Waals surface area contributed by atoms with Gasteiger partial charge in [-0.1, -0.05) is 13.8 Å². The van der Waals surface area contributed by atoms with Crippen LogP contribution in [0.5, 0.6) is 11.5 Å². The summed E-state index contributed by atoms with van der Waals surface area (Å²) in [6.45, 7) is 6.50. The van der Waals surface area contributed by atoms with Crippen molar-refractivity contribution in [3.8, 4) is 22.8 Å². The Kier molecular flexibility index (Phi) is 2.68. The van der Waals surface area contributed by atoms with Crippen LogP contribution in [0.4, 0.5) is 0 Å². The van der Waals surface area contributed by atoms with Crippen molar-refractivity contribution in [3.05, 3.63) is 29.8 Å². The Morgan fingerprint density at radius 2 is 2.09 bits per heavy atom. The highest BCUT2D eigenvalue weighted by atomic mass is 16.5. The van der Waals surface area contributed by atoms with Crippen LogP contribution in [-0.2, 0) is 20.5 Å². The van der Waals surface area contributed by atoms with Crippen molar-refractivity contribution in [2.75, 3.05) is 0 Å². The third-order valence-electron chi connectivity index (χ3n) is 4.38. The van der Waals surface area contributed by atoms with Gasteiger partial charge in [-0.25, -0.2) is 0 Å². The number of aryl methyl sites for hydroxylation is 3. The summed E-state index contributed by atoms with van der Waals surface area (Å²) < 4.78 is 16.4. The highest BCUT2D eigenvalue weighted by Crippen LogP contribution is 2.49. The summed E-state index contributed by atoms with van der Waals surface area (Å²) >= 11 is 0. The van der Waals surface area contributed by atoms with Crippen LogP contribution >= 0.6 is 0 Å². The van der Waals surface area contributed by atoms with Crippen molar-refractivity contribution >= 4 is 11.1 Å². The van der Waals surface area contributed by atoms with Crippen molar-refractivity contribution in [1.29, 1.82) is 0 Å². The van der Waals surface area contributed by atoms with E-state index in [0.717, 1.165) is 40.5 Å². The first-order valence-corrected chi connectivity index (χ1v) is 7.75. The van der Waals surface area contributed by atoms with Gasteiger partial charge in [0.1, 0.15) is 18.4 Å². The minimum Gasteiger partial charge on any atom is -0.448 e. The Bertz CT molecular complexity index is 900. The van der Waals surface area contributed by atoms with Gasteiger partial charge in [-0.05, 0) is 19.3 Å². The molecule has 4 heterocycles. The molecule has 3 aromatic rings. The van der Waals surface area contributed by atoms with Gasteiger partial charge < -0.3 is 13.7 Å². The van der Waals surface area contributed by atoms with E-state index in [4.69, 9.17) is 9.15 Å². The molecule has 0 spiro atoms. The average Bonchev–Trinajstić information content (AvgIpc) is 2.94. The van der Waals surface area contributed by atoms with Gasteiger partial charge in [-0.2, -0.15) is 4.57 Å².